The molecule has 9 heteroatoms. The first kappa shape index (κ1) is 22.9. The van der Waals surface area contributed by atoms with E-state index >= 15 is 0 Å². The number of hydrogen-bond donors (Lipinski definition) is 0. The summed E-state index contributed by atoms with van der Waals surface area (Å²) in [6, 6.07) is 9.97. The Hall–Kier alpha value is -2.77. The number of benzene rings is 2. The minimum Gasteiger partial charge on any atom is -0.486 e. The van der Waals surface area contributed by atoms with Gasteiger partial charge in [0.15, 0.2) is 23.9 Å². The Morgan fingerprint density at radius 2 is 1.71 bits per heavy atom. The van der Waals surface area contributed by atoms with Crippen LogP contribution in [0.1, 0.15) is 28.8 Å². The summed E-state index contributed by atoms with van der Waals surface area (Å²) in [4.78, 5) is 37.9. The second-order valence-corrected chi connectivity index (χ2v) is 7.75. The highest BCUT2D eigenvalue weighted by Crippen LogP contribution is 2.31. The second-order valence-electron chi connectivity index (χ2n) is 6.94. The number of ether oxygens (including phenoxy) is 3. The van der Waals surface area contributed by atoms with E-state index in [1.165, 1.54) is 4.90 Å². The molecule has 2 aromatic rings. The maximum Gasteiger partial charge on any atom is 0.306 e. The molecule has 0 radical (unpaired) electrons. The van der Waals surface area contributed by atoms with E-state index in [0.717, 1.165) is 5.56 Å². The van der Waals surface area contributed by atoms with Crippen LogP contribution in [0.4, 0.5) is 0 Å². The zero-order valence-electron chi connectivity index (χ0n) is 16.9. The van der Waals surface area contributed by atoms with Crippen molar-refractivity contribution < 1.29 is 28.6 Å². The van der Waals surface area contributed by atoms with Gasteiger partial charge in [-0.05, 0) is 35.9 Å². The van der Waals surface area contributed by atoms with E-state index in [2.05, 4.69) is 0 Å². The molecule has 7 nitrogen and oxygen atoms in total. The molecule has 0 unspecified atom stereocenters. The third-order valence-corrected chi connectivity index (χ3v) is 5.35. The van der Waals surface area contributed by atoms with Gasteiger partial charge in [0.2, 0.25) is 0 Å². The summed E-state index contributed by atoms with van der Waals surface area (Å²) in [7, 11) is 1.59. The predicted octanol–water partition coefficient (Wildman–Crippen LogP) is 3.93. The molecular weight excluding hydrogens is 445 g/mol. The largest absolute Gasteiger partial charge is 0.486 e. The van der Waals surface area contributed by atoms with Crippen molar-refractivity contribution in [2.24, 2.45) is 0 Å². The van der Waals surface area contributed by atoms with Crippen molar-refractivity contribution in [1.82, 2.24) is 4.90 Å². The number of carbonyl (C=O) groups excluding carboxylic acids is 3. The Balaban J connectivity index is 1.42. The van der Waals surface area contributed by atoms with Crippen LogP contribution < -0.4 is 9.47 Å². The number of fused-ring (bicyclic) bond motifs is 1. The molecule has 0 fully saturated rings. The maximum atomic E-state index is 12.3. The van der Waals surface area contributed by atoms with Crippen LogP contribution in [0.3, 0.4) is 0 Å². The van der Waals surface area contributed by atoms with E-state index in [4.69, 9.17) is 37.4 Å². The van der Waals surface area contributed by atoms with Crippen LogP contribution in [0.5, 0.6) is 11.5 Å². The van der Waals surface area contributed by atoms with E-state index in [1.807, 2.05) is 0 Å². The monoisotopic (exact) mass is 465 g/mol. The average molecular weight is 466 g/mol. The Labute approximate surface area is 189 Å². The maximum absolute atomic E-state index is 12.3. The molecule has 0 bridgehead atoms. The van der Waals surface area contributed by atoms with Gasteiger partial charge in [-0.3, -0.25) is 14.4 Å². The predicted molar refractivity (Wildman–Crippen MR) is 115 cm³/mol. The molecule has 0 aliphatic carbocycles. The number of ketones is 1. The number of halogens is 2. The fourth-order valence-corrected chi connectivity index (χ4v) is 3.22. The summed E-state index contributed by atoms with van der Waals surface area (Å²) in [5.41, 5.74) is 1.22. The van der Waals surface area contributed by atoms with E-state index in [-0.39, 0.29) is 31.1 Å². The van der Waals surface area contributed by atoms with Crippen molar-refractivity contribution in [3.63, 3.8) is 0 Å². The second kappa shape index (κ2) is 10.5. The summed E-state index contributed by atoms with van der Waals surface area (Å²) < 4.78 is 15.9. The van der Waals surface area contributed by atoms with Gasteiger partial charge in [-0.2, -0.15) is 0 Å². The number of amides is 1. The first-order chi connectivity index (χ1) is 14.8. The lowest BCUT2D eigenvalue weighted by Crippen LogP contribution is -2.30. The lowest BCUT2D eigenvalue weighted by atomic mass is 10.1. The standard InChI is InChI=1S/C22H21Cl2NO6/c1-25(12-14-2-4-16(23)17(24)10-14)21(27)13-31-22(28)7-5-18(26)15-3-6-19-20(11-15)30-9-8-29-19/h2-4,6,10-11H,5,7-9,12-13H2,1H3. The molecule has 1 aliphatic heterocycles. The van der Waals surface area contributed by atoms with Crippen LogP contribution in [0.25, 0.3) is 0 Å². The van der Waals surface area contributed by atoms with Crippen molar-refractivity contribution in [3.8, 4) is 11.5 Å². The number of rotatable bonds is 8. The molecule has 0 N–H and O–H groups in total. The van der Waals surface area contributed by atoms with Gasteiger partial charge < -0.3 is 19.1 Å². The first-order valence-electron chi connectivity index (χ1n) is 9.60. The molecular formula is C22H21Cl2NO6. The minimum absolute atomic E-state index is 0.0359. The van der Waals surface area contributed by atoms with Crippen molar-refractivity contribution in [3.05, 3.63) is 57.6 Å². The average Bonchev–Trinajstić information content (AvgIpc) is 2.77. The third kappa shape index (κ3) is 6.35. The van der Waals surface area contributed by atoms with Crippen molar-refractivity contribution >= 4 is 40.9 Å². The van der Waals surface area contributed by atoms with Crippen LogP contribution in [-0.2, 0) is 20.9 Å². The lowest BCUT2D eigenvalue weighted by Gasteiger charge is -2.18. The molecule has 1 aliphatic rings. The zero-order chi connectivity index (χ0) is 22.4. The zero-order valence-corrected chi connectivity index (χ0v) is 18.4. The van der Waals surface area contributed by atoms with E-state index in [0.29, 0.717) is 40.3 Å². The topological polar surface area (TPSA) is 82.1 Å². The Morgan fingerprint density at radius 1 is 0.968 bits per heavy atom. The highest BCUT2D eigenvalue weighted by molar-refractivity contribution is 6.42. The molecule has 0 spiro atoms. The Kier molecular flexibility index (Phi) is 7.76. The lowest BCUT2D eigenvalue weighted by molar-refractivity contribution is -0.151. The number of Topliss-reactive ketones (excluding diaryl/α,β-unsaturated/α-hetero) is 1. The SMILES string of the molecule is CN(Cc1ccc(Cl)c(Cl)c1)C(=O)COC(=O)CCC(=O)c1ccc2c(c1)OCCO2. The van der Waals surface area contributed by atoms with Gasteiger partial charge in [0.05, 0.1) is 16.5 Å². The number of carbonyl (C=O) groups is 3. The highest BCUT2D eigenvalue weighted by Gasteiger charge is 2.17. The van der Waals surface area contributed by atoms with Gasteiger partial charge in [-0.25, -0.2) is 0 Å². The van der Waals surface area contributed by atoms with E-state index in [9.17, 15) is 14.4 Å². The minimum atomic E-state index is -0.623. The summed E-state index contributed by atoms with van der Waals surface area (Å²) in [6.07, 6.45) is -0.164. The van der Waals surface area contributed by atoms with Gasteiger partial charge >= 0.3 is 5.97 Å². The molecule has 0 atom stereocenters. The smallest absolute Gasteiger partial charge is 0.306 e. The summed E-state index contributed by atoms with van der Waals surface area (Å²) >= 11 is 11.9. The number of hydrogen-bond acceptors (Lipinski definition) is 6. The summed E-state index contributed by atoms with van der Waals surface area (Å²) in [5, 5.41) is 0.827. The third-order valence-electron chi connectivity index (χ3n) is 4.61. The molecule has 2 aromatic carbocycles. The van der Waals surface area contributed by atoms with Crippen LogP contribution in [0.15, 0.2) is 36.4 Å². The van der Waals surface area contributed by atoms with Crippen LogP contribution in [0, 0.1) is 0 Å². The summed E-state index contributed by atoms with van der Waals surface area (Å²) in [5.74, 6) is -0.127. The molecule has 1 heterocycles. The van der Waals surface area contributed by atoms with Crippen LogP contribution in [-0.4, -0.2) is 49.4 Å². The number of likely N-dealkylation sites (N-methyl/N-ethyl adjacent to an activating group) is 1. The quantitative estimate of drug-likeness (QED) is 0.433. The first-order valence-corrected chi connectivity index (χ1v) is 10.4. The van der Waals surface area contributed by atoms with E-state index < -0.39 is 12.6 Å². The van der Waals surface area contributed by atoms with Crippen molar-refractivity contribution in [2.45, 2.75) is 19.4 Å². The molecule has 164 valence electrons. The molecule has 3 rings (SSSR count). The van der Waals surface area contributed by atoms with Gasteiger partial charge in [-0.1, -0.05) is 29.3 Å². The van der Waals surface area contributed by atoms with Crippen molar-refractivity contribution in [1.29, 1.82) is 0 Å². The van der Waals surface area contributed by atoms with E-state index in [1.54, 1.807) is 43.4 Å². The fourth-order valence-electron chi connectivity index (χ4n) is 2.90. The van der Waals surface area contributed by atoms with Gasteiger partial charge in [0, 0.05) is 25.6 Å². The normalized spacial score (nSPS) is 12.2. The Morgan fingerprint density at radius 3 is 2.45 bits per heavy atom. The van der Waals surface area contributed by atoms with Gasteiger partial charge in [0.25, 0.3) is 5.91 Å². The van der Waals surface area contributed by atoms with Crippen molar-refractivity contribution in [2.75, 3.05) is 26.9 Å². The Bertz CT molecular complexity index is 994. The van der Waals surface area contributed by atoms with Gasteiger partial charge in [-0.15, -0.1) is 0 Å². The highest BCUT2D eigenvalue weighted by atomic mass is 35.5. The molecule has 0 aromatic heterocycles. The van der Waals surface area contributed by atoms with Gasteiger partial charge in [0.1, 0.15) is 13.2 Å². The van der Waals surface area contributed by atoms with Crippen LogP contribution >= 0.6 is 23.2 Å². The molecule has 31 heavy (non-hydrogen) atoms. The molecule has 0 saturated carbocycles. The fraction of sp³-hybridized carbons (Fsp3) is 0.318. The number of esters is 1. The molecule has 0 saturated heterocycles. The number of nitrogens with zero attached hydrogens (tertiary/aromatic N) is 1. The summed E-state index contributed by atoms with van der Waals surface area (Å²) in [6.45, 7) is 0.767. The molecule has 1 amide bonds. The van der Waals surface area contributed by atoms with Crippen LogP contribution in [0.2, 0.25) is 10.0 Å².